The lowest BCUT2D eigenvalue weighted by Gasteiger charge is -2.10. The van der Waals surface area contributed by atoms with Crippen LogP contribution in [0.1, 0.15) is 27.6 Å². The van der Waals surface area contributed by atoms with E-state index in [2.05, 4.69) is 4.74 Å². The molecule has 0 aromatic heterocycles. The van der Waals surface area contributed by atoms with Gasteiger partial charge in [-0.1, -0.05) is 0 Å². The number of hydrogen-bond donors (Lipinski definition) is 0. The number of aldehydes is 1. The smallest absolute Gasteiger partial charge is 0.387 e. The Labute approximate surface area is 104 Å². The summed E-state index contributed by atoms with van der Waals surface area (Å²) in [5.74, 6) is -0.474. The largest absolute Gasteiger partial charge is 0.434 e. The molecule has 1 aromatic carbocycles. The third kappa shape index (κ3) is 2.97. The van der Waals surface area contributed by atoms with Crippen molar-refractivity contribution in [3.63, 3.8) is 0 Å². The molecule has 0 bridgehead atoms. The van der Waals surface area contributed by atoms with Crippen molar-refractivity contribution in [1.29, 1.82) is 0 Å². The van der Waals surface area contributed by atoms with Gasteiger partial charge in [0.05, 0.1) is 3.57 Å². The molecule has 0 unspecified atom stereocenters. The number of ketones is 1. The normalized spacial score (nSPS) is 10.3. The van der Waals surface area contributed by atoms with E-state index in [0.717, 1.165) is 0 Å². The van der Waals surface area contributed by atoms with E-state index < -0.39 is 6.61 Å². The predicted molar refractivity (Wildman–Crippen MR) is 61.2 cm³/mol. The molecule has 0 N–H and O–H groups in total. The van der Waals surface area contributed by atoms with Crippen LogP contribution in [0.25, 0.3) is 0 Å². The second kappa shape index (κ2) is 5.33. The maximum absolute atomic E-state index is 12.1. The summed E-state index contributed by atoms with van der Waals surface area (Å²) in [7, 11) is 0. The molecule has 3 nitrogen and oxygen atoms in total. The molecule has 0 radical (unpaired) electrons. The number of halogens is 3. The lowest BCUT2D eigenvalue weighted by molar-refractivity contribution is -0.0505. The average Bonchev–Trinajstić information content (AvgIpc) is 2.19. The van der Waals surface area contributed by atoms with Gasteiger partial charge in [0.25, 0.3) is 0 Å². The summed E-state index contributed by atoms with van der Waals surface area (Å²) in [5, 5.41) is 0. The highest BCUT2D eigenvalue weighted by atomic mass is 127. The number of carbonyl (C=O) groups excluding carboxylic acids is 2. The summed E-state index contributed by atoms with van der Waals surface area (Å²) in [6, 6.07) is 2.52. The molecule has 1 rings (SSSR count). The second-order valence-electron chi connectivity index (χ2n) is 2.93. The van der Waals surface area contributed by atoms with Gasteiger partial charge in [-0.25, -0.2) is 0 Å². The molecule has 86 valence electrons. The van der Waals surface area contributed by atoms with Crippen molar-refractivity contribution in [3.8, 4) is 5.75 Å². The molecular weight excluding hydrogens is 333 g/mol. The van der Waals surface area contributed by atoms with Crippen molar-refractivity contribution in [1.82, 2.24) is 0 Å². The third-order valence-electron chi connectivity index (χ3n) is 1.79. The highest BCUT2D eigenvalue weighted by Gasteiger charge is 2.15. The number of benzene rings is 1. The zero-order valence-electron chi connectivity index (χ0n) is 8.17. The molecule has 1 aromatic rings. The van der Waals surface area contributed by atoms with E-state index in [1.165, 1.54) is 19.1 Å². The fraction of sp³-hybridized carbons (Fsp3) is 0.200. The Hall–Kier alpha value is -1.05. The minimum absolute atomic E-state index is 0.126. The minimum atomic E-state index is -2.99. The van der Waals surface area contributed by atoms with Gasteiger partial charge in [0.15, 0.2) is 5.78 Å². The van der Waals surface area contributed by atoms with Gasteiger partial charge in [-0.05, 0) is 41.6 Å². The first-order chi connectivity index (χ1) is 7.45. The van der Waals surface area contributed by atoms with Gasteiger partial charge in [-0.2, -0.15) is 8.78 Å². The second-order valence-corrected chi connectivity index (χ2v) is 4.01. The monoisotopic (exact) mass is 340 g/mol. The van der Waals surface area contributed by atoms with Crippen LogP contribution in [0.3, 0.4) is 0 Å². The molecule has 0 spiro atoms. The van der Waals surface area contributed by atoms with Crippen LogP contribution in [0, 0.1) is 3.57 Å². The van der Waals surface area contributed by atoms with E-state index in [0.29, 0.717) is 6.29 Å². The molecule has 0 aliphatic rings. The molecule has 0 saturated carbocycles. The van der Waals surface area contributed by atoms with Crippen LogP contribution in [0.15, 0.2) is 12.1 Å². The summed E-state index contributed by atoms with van der Waals surface area (Å²) in [6.45, 7) is -1.70. The van der Waals surface area contributed by atoms with E-state index in [1.807, 2.05) is 0 Å². The first kappa shape index (κ1) is 13.0. The average molecular weight is 340 g/mol. The van der Waals surface area contributed by atoms with Gasteiger partial charge in [0, 0.05) is 11.1 Å². The molecule has 0 saturated heterocycles. The van der Waals surface area contributed by atoms with E-state index in [9.17, 15) is 18.4 Å². The highest BCUT2D eigenvalue weighted by molar-refractivity contribution is 14.1. The van der Waals surface area contributed by atoms with Crippen LogP contribution < -0.4 is 4.74 Å². The Balaban J connectivity index is 3.31. The third-order valence-corrected chi connectivity index (χ3v) is 2.91. The molecule has 0 aliphatic heterocycles. The first-order valence-electron chi connectivity index (χ1n) is 4.20. The summed E-state index contributed by atoms with van der Waals surface area (Å²) in [5.41, 5.74) is 0.321. The predicted octanol–water partition coefficient (Wildman–Crippen LogP) is 2.91. The Morgan fingerprint density at radius 2 is 2.12 bits per heavy atom. The zero-order chi connectivity index (χ0) is 12.3. The van der Waals surface area contributed by atoms with Crippen molar-refractivity contribution in [2.45, 2.75) is 13.5 Å². The van der Waals surface area contributed by atoms with Gasteiger partial charge in [0.1, 0.15) is 12.0 Å². The quantitative estimate of drug-likeness (QED) is 0.481. The van der Waals surface area contributed by atoms with Gasteiger partial charge >= 0.3 is 6.61 Å². The Bertz CT molecular complexity index is 432. The molecule has 0 aliphatic carbocycles. The number of Topliss-reactive ketones (excluding diaryl/α,β-unsaturated/α-hetero) is 1. The number of carbonyl (C=O) groups is 2. The van der Waals surface area contributed by atoms with Gasteiger partial charge < -0.3 is 4.74 Å². The number of ether oxygens (including phenoxy) is 1. The maximum atomic E-state index is 12.1. The molecule has 16 heavy (non-hydrogen) atoms. The summed E-state index contributed by atoms with van der Waals surface area (Å²) >= 11 is 1.73. The summed E-state index contributed by atoms with van der Waals surface area (Å²) < 4.78 is 28.6. The first-order valence-corrected chi connectivity index (χ1v) is 5.28. The molecule has 0 atom stereocenters. The van der Waals surface area contributed by atoms with Crippen LogP contribution in [0.2, 0.25) is 0 Å². The molecule has 6 heteroatoms. The van der Waals surface area contributed by atoms with Crippen LogP contribution >= 0.6 is 22.6 Å². The lowest BCUT2D eigenvalue weighted by atomic mass is 10.1. The number of alkyl halides is 2. The topological polar surface area (TPSA) is 43.4 Å². The van der Waals surface area contributed by atoms with Crippen LogP contribution in [-0.4, -0.2) is 18.7 Å². The molecule has 0 heterocycles. The van der Waals surface area contributed by atoms with Crippen LogP contribution in [-0.2, 0) is 0 Å². The van der Waals surface area contributed by atoms with Crippen LogP contribution in [0.5, 0.6) is 5.75 Å². The Morgan fingerprint density at radius 3 is 2.56 bits per heavy atom. The van der Waals surface area contributed by atoms with E-state index in [-0.39, 0.29) is 26.2 Å². The van der Waals surface area contributed by atoms with Crippen molar-refractivity contribution in [2.24, 2.45) is 0 Å². The zero-order valence-corrected chi connectivity index (χ0v) is 10.3. The molecule has 0 fully saturated rings. The Kier molecular flexibility index (Phi) is 4.34. The summed E-state index contributed by atoms with van der Waals surface area (Å²) in [4.78, 5) is 21.8. The maximum Gasteiger partial charge on any atom is 0.387 e. The standard InChI is InChI=1S/C10H7F2IO3/c1-5(15)7-2-6(4-14)3-8(9(7)13)16-10(11)12/h2-4,10H,1H3. The van der Waals surface area contributed by atoms with Gasteiger partial charge in [0.2, 0.25) is 0 Å². The fourth-order valence-corrected chi connectivity index (χ4v) is 1.94. The van der Waals surface area contributed by atoms with E-state index in [1.54, 1.807) is 22.6 Å². The van der Waals surface area contributed by atoms with E-state index in [4.69, 9.17) is 0 Å². The van der Waals surface area contributed by atoms with Crippen LogP contribution in [0.4, 0.5) is 8.78 Å². The molecule has 0 amide bonds. The van der Waals surface area contributed by atoms with Gasteiger partial charge in [-0.3, -0.25) is 9.59 Å². The molecular formula is C10H7F2IO3. The lowest BCUT2D eigenvalue weighted by Crippen LogP contribution is -2.07. The van der Waals surface area contributed by atoms with Crippen molar-refractivity contribution in [2.75, 3.05) is 0 Å². The fourth-order valence-electron chi connectivity index (χ4n) is 1.13. The number of rotatable bonds is 4. The number of hydrogen-bond acceptors (Lipinski definition) is 3. The Morgan fingerprint density at radius 1 is 1.50 bits per heavy atom. The van der Waals surface area contributed by atoms with E-state index >= 15 is 0 Å². The van der Waals surface area contributed by atoms with Crippen molar-refractivity contribution < 1.29 is 23.1 Å². The van der Waals surface area contributed by atoms with Crippen molar-refractivity contribution in [3.05, 3.63) is 26.8 Å². The minimum Gasteiger partial charge on any atom is -0.434 e. The SMILES string of the molecule is CC(=O)c1cc(C=O)cc(OC(F)F)c1I. The van der Waals surface area contributed by atoms with Crippen molar-refractivity contribution >= 4 is 34.7 Å². The summed E-state index contributed by atoms with van der Waals surface area (Å²) in [6.07, 6.45) is 0.473. The van der Waals surface area contributed by atoms with Gasteiger partial charge in [-0.15, -0.1) is 0 Å². The highest BCUT2D eigenvalue weighted by Crippen LogP contribution is 2.27.